The second-order valence-electron chi connectivity index (χ2n) is 5.62. The lowest BCUT2D eigenvalue weighted by atomic mass is 10.3. The smallest absolute Gasteiger partial charge is 0.158 e. The Morgan fingerprint density at radius 1 is 0.900 bits per heavy atom. The maximum absolute atomic E-state index is 5.59. The minimum atomic E-state index is -0.0308. The summed E-state index contributed by atoms with van der Waals surface area (Å²) in [4.78, 5) is 7.33. The first-order valence-electron chi connectivity index (χ1n) is 7.98. The van der Waals surface area contributed by atoms with E-state index in [1.165, 1.54) is 32.7 Å². The molecule has 0 N–H and O–H groups in total. The van der Waals surface area contributed by atoms with Crippen molar-refractivity contribution >= 4 is 0 Å². The van der Waals surface area contributed by atoms with Gasteiger partial charge < -0.3 is 19.3 Å². The van der Waals surface area contributed by atoms with Crippen molar-refractivity contribution in [2.75, 3.05) is 73.1 Å². The van der Waals surface area contributed by atoms with Gasteiger partial charge in [0.1, 0.15) is 0 Å². The van der Waals surface area contributed by atoms with Crippen molar-refractivity contribution in [3.63, 3.8) is 0 Å². The van der Waals surface area contributed by atoms with E-state index in [0.717, 1.165) is 32.7 Å². The van der Waals surface area contributed by atoms with Crippen LogP contribution in [0.2, 0.25) is 0 Å². The molecule has 120 valence electrons. The molecule has 0 aromatic heterocycles. The Hall–Kier alpha value is -0.200. The van der Waals surface area contributed by atoms with Gasteiger partial charge in [0.2, 0.25) is 0 Å². The van der Waals surface area contributed by atoms with Crippen LogP contribution in [0.25, 0.3) is 0 Å². The van der Waals surface area contributed by atoms with Gasteiger partial charge in [0.15, 0.2) is 6.29 Å². The minimum absolute atomic E-state index is 0.0308. The van der Waals surface area contributed by atoms with Gasteiger partial charge in [-0.3, -0.25) is 4.90 Å². The number of hydrogen-bond acceptors (Lipinski definition) is 5. The molecule has 1 rings (SSSR count). The summed E-state index contributed by atoms with van der Waals surface area (Å²) >= 11 is 0. The van der Waals surface area contributed by atoms with Crippen LogP contribution >= 0.6 is 0 Å². The number of piperazine rings is 1. The third kappa shape index (κ3) is 7.55. The Morgan fingerprint density at radius 3 is 1.85 bits per heavy atom. The lowest BCUT2D eigenvalue weighted by Crippen LogP contribution is -2.48. The minimum Gasteiger partial charge on any atom is -0.353 e. The average Bonchev–Trinajstić information content (AvgIpc) is 2.44. The largest absolute Gasteiger partial charge is 0.353 e. The van der Waals surface area contributed by atoms with Crippen molar-refractivity contribution in [3.8, 4) is 0 Å². The Morgan fingerprint density at radius 2 is 1.40 bits per heavy atom. The highest BCUT2D eigenvalue weighted by Crippen LogP contribution is 2.07. The van der Waals surface area contributed by atoms with Crippen LogP contribution in [0.3, 0.4) is 0 Å². The molecule has 0 unspecified atom stereocenters. The molecule has 0 radical (unpaired) electrons. The molecule has 0 aromatic carbocycles. The Balaban J connectivity index is 2.14. The van der Waals surface area contributed by atoms with Crippen LogP contribution in [0, 0.1) is 0 Å². The number of ether oxygens (including phenoxy) is 2. The van der Waals surface area contributed by atoms with Crippen LogP contribution in [-0.2, 0) is 9.47 Å². The van der Waals surface area contributed by atoms with Crippen LogP contribution < -0.4 is 0 Å². The lowest BCUT2D eigenvalue weighted by molar-refractivity contribution is -0.142. The highest BCUT2D eigenvalue weighted by molar-refractivity contribution is 4.72. The summed E-state index contributed by atoms with van der Waals surface area (Å²) in [7, 11) is 4.27. The van der Waals surface area contributed by atoms with Gasteiger partial charge in [-0.15, -0.1) is 0 Å². The fraction of sp³-hybridized carbons (Fsp3) is 1.00. The van der Waals surface area contributed by atoms with E-state index in [1.54, 1.807) is 0 Å². The highest BCUT2D eigenvalue weighted by Gasteiger charge is 2.18. The molecular weight excluding hydrogens is 254 g/mol. The van der Waals surface area contributed by atoms with Gasteiger partial charge in [-0.1, -0.05) is 0 Å². The zero-order chi connectivity index (χ0) is 14.8. The number of hydrogen-bond donors (Lipinski definition) is 0. The van der Waals surface area contributed by atoms with E-state index in [1.807, 2.05) is 13.8 Å². The summed E-state index contributed by atoms with van der Waals surface area (Å²) in [6, 6.07) is 0. The molecule has 0 aliphatic carbocycles. The SMILES string of the molecule is CCOC(CCN1CCN(CCN(C)C)CC1)OCC. The van der Waals surface area contributed by atoms with Crippen LogP contribution in [0.4, 0.5) is 0 Å². The fourth-order valence-corrected chi connectivity index (χ4v) is 2.45. The van der Waals surface area contributed by atoms with Gasteiger partial charge in [-0.2, -0.15) is 0 Å². The molecule has 0 atom stereocenters. The molecule has 20 heavy (non-hydrogen) atoms. The van der Waals surface area contributed by atoms with Gasteiger partial charge in [0.25, 0.3) is 0 Å². The highest BCUT2D eigenvalue weighted by atomic mass is 16.7. The standard InChI is InChI=1S/C15H33N3O2/c1-5-19-15(20-6-2)7-8-17-11-13-18(14-12-17)10-9-16(3)4/h15H,5-14H2,1-4H3. The van der Waals surface area contributed by atoms with Crippen molar-refractivity contribution < 1.29 is 9.47 Å². The molecule has 0 saturated carbocycles. The van der Waals surface area contributed by atoms with E-state index in [4.69, 9.17) is 9.47 Å². The topological polar surface area (TPSA) is 28.2 Å². The summed E-state index contributed by atoms with van der Waals surface area (Å²) in [5, 5.41) is 0. The van der Waals surface area contributed by atoms with Crippen LogP contribution in [0.15, 0.2) is 0 Å². The van der Waals surface area contributed by atoms with Crippen molar-refractivity contribution in [1.82, 2.24) is 14.7 Å². The van der Waals surface area contributed by atoms with E-state index in [-0.39, 0.29) is 6.29 Å². The van der Waals surface area contributed by atoms with Crippen molar-refractivity contribution in [1.29, 1.82) is 0 Å². The summed E-state index contributed by atoms with van der Waals surface area (Å²) in [6.07, 6.45) is 0.941. The van der Waals surface area contributed by atoms with Crippen molar-refractivity contribution in [2.24, 2.45) is 0 Å². The Bertz CT molecular complexity index is 225. The lowest BCUT2D eigenvalue weighted by Gasteiger charge is -2.35. The van der Waals surface area contributed by atoms with Crippen LogP contribution in [-0.4, -0.2) is 94.1 Å². The Kier molecular flexibility index (Phi) is 9.39. The summed E-state index contributed by atoms with van der Waals surface area (Å²) in [5.41, 5.74) is 0. The first-order chi connectivity index (χ1) is 9.65. The summed E-state index contributed by atoms with van der Waals surface area (Å²) in [6.45, 7) is 13.6. The molecule has 0 amide bonds. The van der Waals surface area contributed by atoms with Gasteiger partial charge in [0, 0.05) is 65.4 Å². The predicted molar refractivity (Wildman–Crippen MR) is 83.1 cm³/mol. The van der Waals surface area contributed by atoms with Gasteiger partial charge >= 0.3 is 0 Å². The van der Waals surface area contributed by atoms with Gasteiger partial charge in [0.05, 0.1) is 0 Å². The normalized spacial score (nSPS) is 18.3. The maximum Gasteiger partial charge on any atom is 0.158 e. The van der Waals surface area contributed by atoms with Crippen LogP contribution in [0.5, 0.6) is 0 Å². The Labute approximate surface area is 124 Å². The third-order valence-corrected chi connectivity index (χ3v) is 3.71. The van der Waals surface area contributed by atoms with E-state index >= 15 is 0 Å². The zero-order valence-corrected chi connectivity index (χ0v) is 13.8. The number of likely N-dealkylation sites (N-methyl/N-ethyl adjacent to an activating group) is 1. The maximum atomic E-state index is 5.59. The number of rotatable bonds is 10. The molecule has 1 saturated heterocycles. The van der Waals surface area contributed by atoms with E-state index in [9.17, 15) is 0 Å². The molecule has 0 spiro atoms. The quantitative estimate of drug-likeness (QED) is 0.558. The van der Waals surface area contributed by atoms with Crippen molar-refractivity contribution in [2.45, 2.75) is 26.6 Å². The second-order valence-corrected chi connectivity index (χ2v) is 5.62. The predicted octanol–water partition coefficient (Wildman–Crippen LogP) is 0.955. The first kappa shape index (κ1) is 17.9. The van der Waals surface area contributed by atoms with Crippen LogP contribution in [0.1, 0.15) is 20.3 Å². The molecule has 5 nitrogen and oxygen atoms in total. The van der Waals surface area contributed by atoms with Gasteiger partial charge in [-0.25, -0.2) is 0 Å². The summed E-state index contributed by atoms with van der Waals surface area (Å²) in [5.74, 6) is 0. The second kappa shape index (κ2) is 10.5. The molecule has 1 heterocycles. The fourth-order valence-electron chi connectivity index (χ4n) is 2.45. The molecule has 0 aromatic rings. The molecule has 1 aliphatic rings. The molecule has 1 aliphatic heterocycles. The van der Waals surface area contributed by atoms with E-state index < -0.39 is 0 Å². The monoisotopic (exact) mass is 287 g/mol. The third-order valence-electron chi connectivity index (χ3n) is 3.71. The first-order valence-corrected chi connectivity index (χ1v) is 7.98. The van der Waals surface area contributed by atoms with Gasteiger partial charge in [-0.05, 0) is 27.9 Å². The summed E-state index contributed by atoms with van der Waals surface area (Å²) < 4.78 is 11.2. The molecule has 0 bridgehead atoms. The number of nitrogens with zero attached hydrogens (tertiary/aromatic N) is 3. The molecule has 1 fully saturated rings. The average molecular weight is 287 g/mol. The van der Waals surface area contributed by atoms with E-state index in [0.29, 0.717) is 0 Å². The zero-order valence-electron chi connectivity index (χ0n) is 13.8. The van der Waals surface area contributed by atoms with E-state index in [2.05, 4.69) is 28.8 Å². The van der Waals surface area contributed by atoms with Crippen molar-refractivity contribution in [3.05, 3.63) is 0 Å². The molecular formula is C15H33N3O2. The molecule has 5 heteroatoms.